The second-order valence-corrected chi connectivity index (χ2v) is 3.70. The van der Waals surface area contributed by atoms with Gasteiger partial charge in [-0.3, -0.25) is 9.20 Å². The summed E-state index contributed by atoms with van der Waals surface area (Å²) in [6.45, 7) is 0. The number of nitrogens with zero attached hydrogens (tertiary/aromatic N) is 2. The molecule has 5 nitrogen and oxygen atoms in total. The van der Waals surface area contributed by atoms with Gasteiger partial charge in [-0.05, 0) is 28.7 Å². The molecule has 13 heavy (non-hydrogen) atoms. The Kier molecular flexibility index (Phi) is 1.98. The number of aromatic nitrogens is 3. The molecule has 2 aromatic rings. The fraction of sp³-hybridized carbons (Fsp3) is 0.143. The molecule has 0 saturated carbocycles. The first kappa shape index (κ1) is 8.54. The van der Waals surface area contributed by atoms with Gasteiger partial charge in [-0.25, -0.2) is 5.10 Å². The molecule has 0 aliphatic heterocycles. The summed E-state index contributed by atoms with van der Waals surface area (Å²) in [6.07, 6.45) is 1.79. The number of H-pyrrole nitrogens is 1. The second kappa shape index (κ2) is 3.02. The van der Waals surface area contributed by atoms with E-state index in [4.69, 9.17) is 4.74 Å². The molecule has 68 valence electrons. The SMILES string of the molecule is COc1n[nH]c(=O)c2cc(I)cn12. The predicted molar refractivity (Wildman–Crippen MR) is 55.1 cm³/mol. The van der Waals surface area contributed by atoms with Gasteiger partial charge in [-0.15, -0.1) is 5.10 Å². The summed E-state index contributed by atoms with van der Waals surface area (Å²) in [5.41, 5.74) is 0.319. The fourth-order valence-corrected chi connectivity index (χ4v) is 1.69. The smallest absolute Gasteiger partial charge is 0.318 e. The van der Waals surface area contributed by atoms with Crippen molar-refractivity contribution in [2.45, 2.75) is 0 Å². The van der Waals surface area contributed by atoms with E-state index in [0.29, 0.717) is 11.5 Å². The molecule has 0 unspecified atom stereocenters. The molecule has 2 aromatic heterocycles. The molecule has 0 fully saturated rings. The Labute approximate surface area is 86.9 Å². The lowest BCUT2D eigenvalue weighted by Gasteiger charge is -1.99. The van der Waals surface area contributed by atoms with Crippen LogP contribution in [0.4, 0.5) is 0 Å². The van der Waals surface area contributed by atoms with Crippen LogP contribution in [0.1, 0.15) is 0 Å². The first-order valence-electron chi connectivity index (χ1n) is 3.52. The van der Waals surface area contributed by atoms with Gasteiger partial charge in [0, 0.05) is 9.77 Å². The Balaban J connectivity index is 2.92. The first-order chi connectivity index (χ1) is 6.22. The molecule has 0 aromatic carbocycles. The second-order valence-electron chi connectivity index (χ2n) is 2.45. The highest BCUT2D eigenvalue weighted by atomic mass is 127. The van der Waals surface area contributed by atoms with Crippen LogP contribution in [0.5, 0.6) is 6.01 Å². The van der Waals surface area contributed by atoms with Crippen LogP contribution in [-0.2, 0) is 0 Å². The standard InChI is InChI=1S/C7H6IN3O2/c1-13-7-10-9-6(12)5-2-4(8)3-11(5)7/h2-3H,1H3,(H,9,12). The van der Waals surface area contributed by atoms with Crippen molar-refractivity contribution < 1.29 is 4.74 Å². The van der Waals surface area contributed by atoms with Crippen LogP contribution in [0, 0.1) is 3.57 Å². The van der Waals surface area contributed by atoms with Crippen molar-refractivity contribution in [3.8, 4) is 6.01 Å². The number of aromatic amines is 1. The molecule has 6 heteroatoms. The lowest BCUT2D eigenvalue weighted by Crippen LogP contribution is -2.12. The molecule has 0 aliphatic carbocycles. The van der Waals surface area contributed by atoms with Crippen molar-refractivity contribution in [2.24, 2.45) is 0 Å². The molecule has 0 amide bonds. The zero-order valence-corrected chi connectivity index (χ0v) is 8.90. The Hall–Kier alpha value is -1.05. The van der Waals surface area contributed by atoms with Gasteiger partial charge in [0.15, 0.2) is 0 Å². The molecule has 0 saturated heterocycles. The Bertz CT molecular complexity index is 502. The molecule has 1 N–H and O–H groups in total. The van der Waals surface area contributed by atoms with E-state index in [2.05, 4.69) is 32.8 Å². The van der Waals surface area contributed by atoms with E-state index in [1.807, 2.05) is 0 Å². The van der Waals surface area contributed by atoms with E-state index < -0.39 is 0 Å². The molecular weight excluding hydrogens is 285 g/mol. The third kappa shape index (κ3) is 1.30. The van der Waals surface area contributed by atoms with E-state index in [9.17, 15) is 4.79 Å². The summed E-state index contributed by atoms with van der Waals surface area (Å²) >= 11 is 2.13. The third-order valence-electron chi connectivity index (χ3n) is 1.66. The monoisotopic (exact) mass is 291 g/mol. The average Bonchev–Trinajstić information content (AvgIpc) is 2.48. The van der Waals surface area contributed by atoms with Crippen LogP contribution in [0.15, 0.2) is 17.1 Å². The topological polar surface area (TPSA) is 59.4 Å². The number of halogens is 1. The summed E-state index contributed by atoms with van der Waals surface area (Å²) in [6, 6.07) is 2.14. The van der Waals surface area contributed by atoms with Gasteiger partial charge >= 0.3 is 6.01 Å². The summed E-state index contributed by atoms with van der Waals surface area (Å²) in [7, 11) is 1.51. The number of hydrogen-bond donors (Lipinski definition) is 1. The zero-order valence-electron chi connectivity index (χ0n) is 6.74. The van der Waals surface area contributed by atoms with Gasteiger partial charge in [0.2, 0.25) is 0 Å². The number of rotatable bonds is 1. The van der Waals surface area contributed by atoms with Crippen molar-refractivity contribution >= 4 is 28.1 Å². The van der Waals surface area contributed by atoms with Gasteiger partial charge in [0.1, 0.15) is 5.52 Å². The fourth-order valence-electron chi connectivity index (χ4n) is 1.12. The van der Waals surface area contributed by atoms with Gasteiger partial charge < -0.3 is 4.74 Å². The molecule has 0 radical (unpaired) electrons. The number of ether oxygens (including phenoxy) is 1. The van der Waals surface area contributed by atoms with E-state index in [1.165, 1.54) is 7.11 Å². The molecule has 0 spiro atoms. The summed E-state index contributed by atoms with van der Waals surface area (Å²) in [5.74, 6) is 0. The third-order valence-corrected chi connectivity index (χ3v) is 2.25. The maximum absolute atomic E-state index is 11.3. The quantitative estimate of drug-likeness (QED) is 0.784. The Morgan fingerprint density at radius 1 is 1.69 bits per heavy atom. The summed E-state index contributed by atoms with van der Waals surface area (Å²) in [5, 5.41) is 6.09. The molecule has 2 rings (SSSR count). The maximum atomic E-state index is 11.3. The molecule has 0 aliphatic rings. The van der Waals surface area contributed by atoms with Crippen LogP contribution in [0.2, 0.25) is 0 Å². The van der Waals surface area contributed by atoms with Crippen LogP contribution in [0.25, 0.3) is 5.52 Å². The van der Waals surface area contributed by atoms with E-state index in [-0.39, 0.29) is 5.56 Å². The molecule has 0 bridgehead atoms. The van der Waals surface area contributed by atoms with Crippen LogP contribution in [-0.4, -0.2) is 21.7 Å². The summed E-state index contributed by atoms with van der Waals surface area (Å²) < 4.78 is 7.55. The van der Waals surface area contributed by atoms with Crippen LogP contribution < -0.4 is 10.3 Å². The van der Waals surface area contributed by atoms with Crippen molar-refractivity contribution in [3.63, 3.8) is 0 Å². The van der Waals surface area contributed by atoms with Crippen LogP contribution >= 0.6 is 22.6 Å². The maximum Gasteiger partial charge on any atom is 0.318 e. The van der Waals surface area contributed by atoms with Crippen LogP contribution in [0.3, 0.4) is 0 Å². The Morgan fingerprint density at radius 3 is 3.15 bits per heavy atom. The minimum absolute atomic E-state index is 0.219. The highest BCUT2D eigenvalue weighted by Gasteiger charge is 2.06. The van der Waals surface area contributed by atoms with Crippen molar-refractivity contribution in [2.75, 3.05) is 7.11 Å². The van der Waals surface area contributed by atoms with Crippen molar-refractivity contribution in [3.05, 3.63) is 26.2 Å². The Morgan fingerprint density at radius 2 is 2.46 bits per heavy atom. The van der Waals surface area contributed by atoms with E-state index in [0.717, 1.165) is 3.57 Å². The lowest BCUT2D eigenvalue weighted by atomic mass is 10.5. The number of methoxy groups -OCH3 is 1. The highest BCUT2D eigenvalue weighted by molar-refractivity contribution is 14.1. The molecule has 0 atom stereocenters. The number of nitrogens with one attached hydrogen (secondary N) is 1. The minimum Gasteiger partial charge on any atom is -0.467 e. The number of hydrogen-bond acceptors (Lipinski definition) is 3. The molecule has 2 heterocycles. The first-order valence-corrected chi connectivity index (χ1v) is 4.60. The highest BCUT2D eigenvalue weighted by Crippen LogP contribution is 2.12. The lowest BCUT2D eigenvalue weighted by molar-refractivity contribution is 0.367. The van der Waals surface area contributed by atoms with Gasteiger partial charge in [0.05, 0.1) is 7.11 Å². The summed E-state index contributed by atoms with van der Waals surface area (Å²) in [4.78, 5) is 11.3. The van der Waals surface area contributed by atoms with Gasteiger partial charge in [0.25, 0.3) is 5.56 Å². The minimum atomic E-state index is -0.219. The number of fused-ring (bicyclic) bond motifs is 1. The van der Waals surface area contributed by atoms with Crippen molar-refractivity contribution in [1.29, 1.82) is 0 Å². The normalized spacial score (nSPS) is 10.6. The zero-order chi connectivity index (χ0) is 9.42. The van der Waals surface area contributed by atoms with E-state index >= 15 is 0 Å². The van der Waals surface area contributed by atoms with Gasteiger partial charge in [-0.2, -0.15) is 0 Å². The molecular formula is C7H6IN3O2. The largest absolute Gasteiger partial charge is 0.467 e. The predicted octanol–water partition coefficient (Wildman–Crippen LogP) is 0.636. The van der Waals surface area contributed by atoms with E-state index in [1.54, 1.807) is 16.7 Å². The van der Waals surface area contributed by atoms with Gasteiger partial charge in [-0.1, -0.05) is 0 Å². The average molecular weight is 291 g/mol. The van der Waals surface area contributed by atoms with Crippen molar-refractivity contribution in [1.82, 2.24) is 14.6 Å².